The van der Waals surface area contributed by atoms with Crippen LogP contribution in [0.3, 0.4) is 0 Å². The van der Waals surface area contributed by atoms with E-state index in [0.717, 1.165) is 32.4 Å². The number of likely N-dealkylation sites (tertiary alicyclic amines) is 1. The number of aliphatic hydroxyl groups excluding tert-OH is 1. The standard InChI is InChI=1S/C12H24N2O2/c1-3-4-10(2)13-12(16)8-14-6-5-11(7-14)9-15/h10-11,15H,3-9H2,1-2H3,(H,13,16). The van der Waals surface area contributed by atoms with Crippen molar-refractivity contribution in [1.29, 1.82) is 0 Å². The highest BCUT2D eigenvalue weighted by Gasteiger charge is 2.23. The van der Waals surface area contributed by atoms with Crippen LogP contribution in [0.4, 0.5) is 0 Å². The number of nitrogens with zero attached hydrogens (tertiary/aromatic N) is 1. The number of hydrogen-bond donors (Lipinski definition) is 2. The molecule has 2 N–H and O–H groups in total. The number of carbonyl (C=O) groups excluding carboxylic acids is 1. The van der Waals surface area contributed by atoms with Crippen LogP contribution < -0.4 is 5.32 Å². The van der Waals surface area contributed by atoms with Crippen molar-refractivity contribution in [3.63, 3.8) is 0 Å². The summed E-state index contributed by atoms with van der Waals surface area (Å²) in [4.78, 5) is 13.8. The van der Waals surface area contributed by atoms with Crippen molar-refractivity contribution in [2.75, 3.05) is 26.2 Å². The lowest BCUT2D eigenvalue weighted by Gasteiger charge is -2.18. The van der Waals surface area contributed by atoms with Crippen molar-refractivity contribution in [3.8, 4) is 0 Å². The predicted molar refractivity (Wildman–Crippen MR) is 64.1 cm³/mol. The van der Waals surface area contributed by atoms with E-state index >= 15 is 0 Å². The van der Waals surface area contributed by atoms with Crippen LogP contribution in [0.1, 0.15) is 33.1 Å². The van der Waals surface area contributed by atoms with Crippen LogP contribution in [-0.4, -0.2) is 48.2 Å². The molecule has 4 heteroatoms. The second kappa shape index (κ2) is 6.86. The molecule has 0 aromatic rings. The van der Waals surface area contributed by atoms with Crippen molar-refractivity contribution in [1.82, 2.24) is 10.2 Å². The summed E-state index contributed by atoms with van der Waals surface area (Å²) in [5.41, 5.74) is 0. The van der Waals surface area contributed by atoms with Crippen LogP contribution in [0, 0.1) is 5.92 Å². The molecule has 1 rings (SSSR count). The molecule has 0 bridgehead atoms. The van der Waals surface area contributed by atoms with Gasteiger partial charge in [0.1, 0.15) is 0 Å². The largest absolute Gasteiger partial charge is 0.396 e. The highest BCUT2D eigenvalue weighted by molar-refractivity contribution is 5.78. The average molecular weight is 228 g/mol. The van der Waals surface area contributed by atoms with Crippen LogP contribution in [0.25, 0.3) is 0 Å². The SMILES string of the molecule is CCCC(C)NC(=O)CN1CCC(CO)C1. The highest BCUT2D eigenvalue weighted by Crippen LogP contribution is 2.14. The summed E-state index contributed by atoms with van der Waals surface area (Å²) in [6.07, 6.45) is 3.14. The van der Waals surface area contributed by atoms with E-state index in [1.165, 1.54) is 0 Å². The smallest absolute Gasteiger partial charge is 0.234 e. The van der Waals surface area contributed by atoms with Crippen molar-refractivity contribution in [2.45, 2.75) is 39.2 Å². The minimum absolute atomic E-state index is 0.111. The first-order valence-electron chi connectivity index (χ1n) is 6.28. The molecular weight excluding hydrogens is 204 g/mol. The quantitative estimate of drug-likeness (QED) is 0.700. The van der Waals surface area contributed by atoms with Crippen molar-refractivity contribution < 1.29 is 9.90 Å². The fourth-order valence-electron chi connectivity index (χ4n) is 2.23. The lowest BCUT2D eigenvalue weighted by molar-refractivity contribution is -0.122. The Morgan fingerprint density at radius 1 is 1.62 bits per heavy atom. The van der Waals surface area contributed by atoms with Crippen LogP contribution in [0.2, 0.25) is 0 Å². The Kier molecular flexibility index (Phi) is 5.77. The van der Waals surface area contributed by atoms with Crippen LogP contribution in [0.15, 0.2) is 0 Å². The maximum absolute atomic E-state index is 11.7. The molecule has 1 fully saturated rings. The van der Waals surface area contributed by atoms with Crippen molar-refractivity contribution in [2.24, 2.45) is 5.92 Å². The third-order valence-electron chi connectivity index (χ3n) is 3.12. The van der Waals surface area contributed by atoms with E-state index in [1.807, 2.05) is 6.92 Å². The number of aliphatic hydroxyl groups is 1. The summed E-state index contributed by atoms with van der Waals surface area (Å²) in [7, 11) is 0. The lowest BCUT2D eigenvalue weighted by atomic mass is 10.1. The van der Waals surface area contributed by atoms with E-state index in [4.69, 9.17) is 5.11 Å². The summed E-state index contributed by atoms with van der Waals surface area (Å²) in [5.74, 6) is 0.473. The van der Waals surface area contributed by atoms with E-state index in [-0.39, 0.29) is 18.6 Å². The minimum atomic E-state index is 0.111. The van der Waals surface area contributed by atoms with E-state index in [2.05, 4.69) is 17.1 Å². The summed E-state index contributed by atoms with van der Waals surface area (Å²) in [6.45, 7) is 6.67. The second-order valence-electron chi connectivity index (χ2n) is 4.83. The molecule has 0 aromatic carbocycles. The van der Waals surface area contributed by atoms with Gasteiger partial charge in [-0.1, -0.05) is 13.3 Å². The molecule has 0 aliphatic carbocycles. The fraction of sp³-hybridized carbons (Fsp3) is 0.917. The van der Waals surface area contributed by atoms with Gasteiger partial charge in [-0.25, -0.2) is 0 Å². The molecular formula is C12H24N2O2. The van der Waals surface area contributed by atoms with Gasteiger partial charge in [0, 0.05) is 19.2 Å². The zero-order valence-corrected chi connectivity index (χ0v) is 10.4. The van der Waals surface area contributed by atoms with Gasteiger partial charge in [0.15, 0.2) is 0 Å². The first-order chi connectivity index (χ1) is 7.65. The lowest BCUT2D eigenvalue weighted by Crippen LogP contribution is -2.40. The van der Waals surface area contributed by atoms with Gasteiger partial charge in [0.05, 0.1) is 6.54 Å². The molecule has 0 saturated carbocycles. The summed E-state index contributed by atoms with van der Waals surface area (Å²) in [6, 6.07) is 0.272. The first kappa shape index (κ1) is 13.5. The summed E-state index contributed by atoms with van der Waals surface area (Å²) >= 11 is 0. The molecule has 1 amide bonds. The molecule has 4 nitrogen and oxygen atoms in total. The zero-order valence-electron chi connectivity index (χ0n) is 10.4. The molecule has 0 aromatic heterocycles. The molecule has 2 atom stereocenters. The van der Waals surface area contributed by atoms with Crippen molar-refractivity contribution in [3.05, 3.63) is 0 Å². The monoisotopic (exact) mass is 228 g/mol. The second-order valence-corrected chi connectivity index (χ2v) is 4.83. The Morgan fingerprint density at radius 3 is 2.94 bits per heavy atom. The number of carbonyl (C=O) groups is 1. The zero-order chi connectivity index (χ0) is 12.0. The first-order valence-corrected chi connectivity index (χ1v) is 6.28. The Morgan fingerprint density at radius 2 is 2.38 bits per heavy atom. The molecule has 1 heterocycles. The van der Waals surface area contributed by atoms with E-state index < -0.39 is 0 Å². The highest BCUT2D eigenvalue weighted by atomic mass is 16.3. The number of rotatable bonds is 6. The normalized spacial score (nSPS) is 23.3. The van der Waals surface area contributed by atoms with E-state index in [1.54, 1.807) is 0 Å². The average Bonchev–Trinajstić information content (AvgIpc) is 2.65. The van der Waals surface area contributed by atoms with Gasteiger partial charge in [0.25, 0.3) is 0 Å². The predicted octanol–water partition coefficient (Wildman–Crippen LogP) is 0.605. The number of nitrogens with one attached hydrogen (secondary N) is 1. The Labute approximate surface area is 98.0 Å². The molecule has 2 unspecified atom stereocenters. The topological polar surface area (TPSA) is 52.6 Å². The molecule has 16 heavy (non-hydrogen) atoms. The number of amides is 1. The molecule has 1 aliphatic heterocycles. The third kappa shape index (κ3) is 4.49. The van der Waals surface area contributed by atoms with Gasteiger partial charge in [-0.2, -0.15) is 0 Å². The van der Waals surface area contributed by atoms with Crippen LogP contribution in [-0.2, 0) is 4.79 Å². The van der Waals surface area contributed by atoms with Gasteiger partial charge < -0.3 is 10.4 Å². The van der Waals surface area contributed by atoms with Gasteiger partial charge in [-0.15, -0.1) is 0 Å². The van der Waals surface area contributed by atoms with Gasteiger partial charge in [-0.3, -0.25) is 9.69 Å². The minimum Gasteiger partial charge on any atom is -0.396 e. The maximum Gasteiger partial charge on any atom is 0.234 e. The van der Waals surface area contributed by atoms with Crippen molar-refractivity contribution >= 4 is 5.91 Å². The van der Waals surface area contributed by atoms with Crippen LogP contribution >= 0.6 is 0 Å². The van der Waals surface area contributed by atoms with Gasteiger partial charge in [0.2, 0.25) is 5.91 Å². The molecule has 94 valence electrons. The van der Waals surface area contributed by atoms with Crippen LogP contribution in [0.5, 0.6) is 0 Å². The molecule has 1 saturated heterocycles. The number of hydrogen-bond acceptors (Lipinski definition) is 3. The molecule has 0 spiro atoms. The Balaban J connectivity index is 2.19. The van der Waals surface area contributed by atoms with Gasteiger partial charge >= 0.3 is 0 Å². The summed E-state index contributed by atoms with van der Waals surface area (Å²) in [5, 5.41) is 12.0. The Hall–Kier alpha value is -0.610. The maximum atomic E-state index is 11.7. The third-order valence-corrected chi connectivity index (χ3v) is 3.12. The molecule has 1 aliphatic rings. The Bertz CT molecular complexity index is 221. The van der Waals surface area contributed by atoms with Gasteiger partial charge in [-0.05, 0) is 32.2 Å². The summed E-state index contributed by atoms with van der Waals surface area (Å²) < 4.78 is 0. The fourth-order valence-corrected chi connectivity index (χ4v) is 2.23. The van der Waals surface area contributed by atoms with E-state index in [0.29, 0.717) is 12.5 Å². The van der Waals surface area contributed by atoms with E-state index in [9.17, 15) is 4.79 Å². The molecule has 0 radical (unpaired) electrons.